The quantitative estimate of drug-likeness (QED) is 0.115. The van der Waals surface area contributed by atoms with Gasteiger partial charge < -0.3 is 0 Å². The molecule has 0 saturated carbocycles. The summed E-state index contributed by atoms with van der Waals surface area (Å²) in [6.45, 7) is 0. The van der Waals surface area contributed by atoms with Crippen molar-refractivity contribution in [3.63, 3.8) is 0 Å². The van der Waals surface area contributed by atoms with Gasteiger partial charge >= 0.3 is 0 Å². The first-order valence-electron chi connectivity index (χ1n) is 22.2. The lowest BCUT2D eigenvalue weighted by Gasteiger charge is -2.06. The minimum absolute atomic E-state index is 0.954. The Hall–Kier alpha value is -8.79. The molecule has 0 aliphatic rings. The predicted octanol–water partition coefficient (Wildman–Crippen LogP) is 16.4. The molecular weight excluding hydrogens is 799 g/mol. The molecule has 7 aromatic carbocycles. The van der Waals surface area contributed by atoms with Crippen LogP contribution in [0.5, 0.6) is 0 Å². The predicted molar refractivity (Wildman–Crippen MR) is 279 cm³/mol. The first-order chi connectivity index (χ1) is 32.6. The molecule has 3 nitrogen and oxygen atoms in total. The van der Waals surface area contributed by atoms with E-state index in [1.165, 1.54) is 16.7 Å². The van der Waals surface area contributed by atoms with Gasteiger partial charge in [-0.05, 0) is 121 Å². The fourth-order valence-corrected chi connectivity index (χ4v) is 8.06. The number of pyridine rings is 3. The summed E-state index contributed by atoms with van der Waals surface area (Å²) in [7, 11) is 0. The van der Waals surface area contributed by atoms with E-state index in [9.17, 15) is 0 Å². The molecule has 3 aromatic heterocycles. The molecular formula is C63H45N3. The van der Waals surface area contributed by atoms with Gasteiger partial charge in [-0.2, -0.15) is 0 Å². The van der Waals surface area contributed by atoms with Crippen molar-refractivity contribution in [1.82, 2.24) is 15.0 Å². The lowest BCUT2D eigenvalue weighted by molar-refractivity contribution is 1.32. The normalized spacial score (nSPS) is 11.5. The summed E-state index contributed by atoms with van der Waals surface area (Å²) < 4.78 is 0. The smallest absolute Gasteiger partial charge is 0.0708 e. The van der Waals surface area contributed by atoms with Crippen LogP contribution in [-0.4, -0.2) is 15.0 Å². The van der Waals surface area contributed by atoms with Gasteiger partial charge in [0.2, 0.25) is 0 Å². The van der Waals surface area contributed by atoms with Crippen LogP contribution in [0.15, 0.2) is 237 Å². The molecule has 0 N–H and O–H groups in total. The zero-order chi connectivity index (χ0) is 44.3. The van der Waals surface area contributed by atoms with Crippen LogP contribution in [0.25, 0.3) is 104 Å². The highest BCUT2D eigenvalue weighted by Crippen LogP contribution is 2.29. The van der Waals surface area contributed by atoms with Gasteiger partial charge in [0.05, 0.1) is 17.1 Å². The van der Waals surface area contributed by atoms with Gasteiger partial charge in [0.1, 0.15) is 0 Å². The number of benzene rings is 7. The molecule has 0 atom stereocenters. The van der Waals surface area contributed by atoms with E-state index in [0.29, 0.717) is 0 Å². The Morgan fingerprint density at radius 1 is 0.197 bits per heavy atom. The molecule has 0 saturated heterocycles. The van der Waals surface area contributed by atoms with E-state index in [1.54, 1.807) is 0 Å². The van der Waals surface area contributed by atoms with E-state index < -0.39 is 0 Å². The minimum Gasteiger partial charge on any atom is -0.256 e. The molecule has 10 rings (SSSR count). The standard InChI is InChI=1S/C63H45N3/c1-4-10-52(11-5-1)58-34-37-64-61(43-58)55-28-22-46(23-29-55)16-19-49-40-50(20-17-47-24-30-56(31-25-47)62-44-59(35-38-65-62)53-12-6-2-7-13-53)42-51(41-49)21-18-48-26-32-57(33-27-48)63-45-60(36-39-66-63)54-14-8-3-9-15-54/h1-45H/b19-16+,20-17+,21-18+. The highest BCUT2D eigenvalue weighted by atomic mass is 14.7. The van der Waals surface area contributed by atoms with Crippen molar-refractivity contribution < 1.29 is 0 Å². The van der Waals surface area contributed by atoms with E-state index in [-0.39, 0.29) is 0 Å². The maximum atomic E-state index is 4.68. The van der Waals surface area contributed by atoms with E-state index in [1.807, 2.05) is 36.8 Å². The zero-order valence-corrected chi connectivity index (χ0v) is 36.3. The van der Waals surface area contributed by atoms with E-state index in [2.05, 4.69) is 252 Å². The molecule has 312 valence electrons. The average Bonchev–Trinajstić information content (AvgIpc) is 3.40. The highest BCUT2D eigenvalue weighted by molar-refractivity contribution is 5.81. The summed E-state index contributed by atoms with van der Waals surface area (Å²) in [5.41, 5.74) is 19.8. The van der Waals surface area contributed by atoms with Crippen molar-refractivity contribution in [3.8, 4) is 67.2 Å². The monoisotopic (exact) mass is 843 g/mol. The number of nitrogens with zero attached hydrogens (tertiary/aromatic N) is 3. The molecule has 0 bridgehead atoms. The largest absolute Gasteiger partial charge is 0.256 e. The molecule has 0 radical (unpaired) electrons. The van der Waals surface area contributed by atoms with Crippen molar-refractivity contribution in [3.05, 3.63) is 270 Å². The summed E-state index contributed by atoms with van der Waals surface area (Å²) in [6, 6.07) is 76.4. The highest BCUT2D eigenvalue weighted by Gasteiger charge is 2.07. The Bertz CT molecular complexity index is 2930. The van der Waals surface area contributed by atoms with E-state index >= 15 is 0 Å². The van der Waals surface area contributed by atoms with Crippen LogP contribution in [0.2, 0.25) is 0 Å². The van der Waals surface area contributed by atoms with Crippen LogP contribution < -0.4 is 0 Å². The van der Waals surface area contributed by atoms with Crippen molar-refractivity contribution >= 4 is 36.5 Å². The Balaban J connectivity index is 0.897. The van der Waals surface area contributed by atoms with E-state index in [4.69, 9.17) is 0 Å². The SMILES string of the molecule is C(=C\c1cc(/C=C/c2ccc(-c3cc(-c4ccccc4)ccn3)cc2)cc(/C=C/c2ccc(-c3cc(-c4ccccc4)ccn3)cc2)c1)/c1ccc(-c2cc(-c3ccccc3)ccn2)cc1. The van der Waals surface area contributed by atoms with Gasteiger partial charge in [-0.15, -0.1) is 0 Å². The van der Waals surface area contributed by atoms with Gasteiger partial charge in [0, 0.05) is 35.3 Å². The topological polar surface area (TPSA) is 38.7 Å². The molecule has 10 aromatic rings. The lowest BCUT2D eigenvalue weighted by atomic mass is 10.0. The summed E-state index contributed by atoms with van der Waals surface area (Å²) >= 11 is 0. The first-order valence-corrected chi connectivity index (χ1v) is 22.2. The van der Waals surface area contributed by atoms with Gasteiger partial charge in [0.25, 0.3) is 0 Å². The minimum atomic E-state index is 0.954. The Kier molecular flexibility index (Phi) is 12.3. The molecule has 0 amide bonds. The maximum Gasteiger partial charge on any atom is 0.0708 e. The first kappa shape index (κ1) is 41.2. The maximum absolute atomic E-state index is 4.68. The Morgan fingerprint density at radius 2 is 0.455 bits per heavy atom. The number of hydrogen-bond donors (Lipinski definition) is 0. The van der Waals surface area contributed by atoms with Crippen molar-refractivity contribution in [1.29, 1.82) is 0 Å². The lowest BCUT2D eigenvalue weighted by Crippen LogP contribution is -1.86. The third kappa shape index (κ3) is 10.2. The Morgan fingerprint density at radius 3 is 0.727 bits per heavy atom. The second kappa shape index (κ2) is 19.7. The molecule has 66 heavy (non-hydrogen) atoms. The fourth-order valence-electron chi connectivity index (χ4n) is 8.06. The summed E-state index contributed by atoms with van der Waals surface area (Å²) in [6.07, 6.45) is 18.7. The van der Waals surface area contributed by atoms with Crippen molar-refractivity contribution in [2.75, 3.05) is 0 Å². The third-order valence-electron chi connectivity index (χ3n) is 11.6. The molecule has 3 heteroatoms. The van der Waals surface area contributed by atoms with Gasteiger partial charge in [0.15, 0.2) is 0 Å². The fraction of sp³-hybridized carbons (Fsp3) is 0. The third-order valence-corrected chi connectivity index (χ3v) is 11.6. The summed E-state index contributed by atoms with van der Waals surface area (Å²) in [5.74, 6) is 0. The van der Waals surface area contributed by atoms with Crippen LogP contribution >= 0.6 is 0 Å². The summed E-state index contributed by atoms with van der Waals surface area (Å²) in [5, 5.41) is 0. The van der Waals surface area contributed by atoms with Crippen LogP contribution in [-0.2, 0) is 0 Å². The molecule has 3 heterocycles. The number of aromatic nitrogens is 3. The van der Waals surface area contributed by atoms with Gasteiger partial charge in [-0.1, -0.05) is 200 Å². The van der Waals surface area contributed by atoms with Crippen LogP contribution in [0.3, 0.4) is 0 Å². The number of hydrogen-bond acceptors (Lipinski definition) is 3. The van der Waals surface area contributed by atoms with Gasteiger partial charge in [-0.3, -0.25) is 15.0 Å². The second-order valence-corrected chi connectivity index (χ2v) is 16.2. The van der Waals surface area contributed by atoms with Crippen molar-refractivity contribution in [2.45, 2.75) is 0 Å². The van der Waals surface area contributed by atoms with Gasteiger partial charge in [-0.25, -0.2) is 0 Å². The molecule has 0 aliphatic heterocycles. The Labute approximate surface area is 387 Å². The molecule has 0 unspecified atom stereocenters. The zero-order valence-electron chi connectivity index (χ0n) is 36.3. The average molecular weight is 844 g/mol. The van der Waals surface area contributed by atoms with Crippen LogP contribution in [0.1, 0.15) is 33.4 Å². The van der Waals surface area contributed by atoms with Crippen LogP contribution in [0, 0.1) is 0 Å². The molecule has 0 aliphatic carbocycles. The summed E-state index contributed by atoms with van der Waals surface area (Å²) in [4.78, 5) is 14.0. The van der Waals surface area contributed by atoms with E-state index in [0.717, 1.165) is 83.8 Å². The molecule has 0 fully saturated rings. The van der Waals surface area contributed by atoms with Crippen LogP contribution in [0.4, 0.5) is 0 Å². The molecule has 0 spiro atoms. The van der Waals surface area contributed by atoms with Crippen molar-refractivity contribution in [2.24, 2.45) is 0 Å². The second-order valence-electron chi connectivity index (χ2n) is 16.2. The number of rotatable bonds is 12.